The van der Waals surface area contributed by atoms with Crippen molar-refractivity contribution in [3.05, 3.63) is 77.9 Å². The highest BCUT2D eigenvalue weighted by Gasteiger charge is 2.32. The Kier molecular flexibility index (Phi) is 27.6. The molecule has 1 saturated carbocycles. The molecule has 84 heavy (non-hydrogen) atoms. The van der Waals surface area contributed by atoms with Crippen molar-refractivity contribution in [2.45, 2.75) is 94.8 Å². The Hall–Kier alpha value is -7.85. The second kappa shape index (κ2) is 34.7. The molecule has 0 bridgehead atoms. The van der Waals surface area contributed by atoms with Gasteiger partial charge in [0, 0.05) is 89.4 Å². The van der Waals surface area contributed by atoms with Crippen molar-refractivity contribution in [2.75, 3.05) is 90.4 Å². The number of thiocarbonyl (C=S) groups is 1. The highest BCUT2D eigenvalue weighted by molar-refractivity contribution is 7.80. The van der Waals surface area contributed by atoms with Gasteiger partial charge in [0.1, 0.15) is 24.4 Å². The monoisotopic (exact) mass is 1190 g/mol. The van der Waals surface area contributed by atoms with E-state index < -0.39 is 84.8 Å². The molecule has 5 rings (SSSR count). The molecule has 3 aromatic carbocycles. The molecule has 4 amide bonds. The minimum absolute atomic E-state index is 0.0641. The summed E-state index contributed by atoms with van der Waals surface area (Å²) in [7, 11) is 0. The van der Waals surface area contributed by atoms with Gasteiger partial charge in [-0.3, -0.25) is 48.4 Å². The molecule has 1 aliphatic heterocycles. The summed E-state index contributed by atoms with van der Waals surface area (Å²) >= 11 is 5.66. The van der Waals surface area contributed by atoms with Gasteiger partial charge in [-0.25, -0.2) is 14.4 Å². The Labute approximate surface area is 491 Å². The second-order valence-electron chi connectivity index (χ2n) is 21.3. The van der Waals surface area contributed by atoms with E-state index in [2.05, 4.69) is 31.9 Å². The SMILES string of the molecule is O=CCN1CCN(CC(=O)O)CCN(CC(=O)O)C(Cc2ccc(NC(=S)NC[C@H]3CC[C@H](C(=O)N[C@@H](Cc4ccc5ccccc5c4)C(=O)NCCCC[C@H](NC(=O)N[C@@H](CCC(=O)O)C(=O)O)C(=O)O)CC3)cc2)CN(CC(=O)O)CC1. The van der Waals surface area contributed by atoms with E-state index >= 15 is 0 Å². The topological polar surface area (TPSA) is 377 Å². The molecule has 4 atom stereocenters. The Morgan fingerprint density at radius 2 is 1.20 bits per heavy atom. The number of unbranched alkanes of at least 4 members (excludes halogenated alkanes) is 1. The van der Waals surface area contributed by atoms with Crippen molar-refractivity contribution >= 4 is 93.7 Å². The van der Waals surface area contributed by atoms with Crippen LogP contribution in [0.2, 0.25) is 0 Å². The summed E-state index contributed by atoms with van der Waals surface area (Å²) in [6.07, 6.45) is 3.37. The van der Waals surface area contributed by atoms with Crippen LogP contribution in [0.15, 0.2) is 66.7 Å². The van der Waals surface area contributed by atoms with Crippen LogP contribution in [0.25, 0.3) is 10.8 Å². The van der Waals surface area contributed by atoms with Crippen LogP contribution in [0.3, 0.4) is 0 Å². The van der Waals surface area contributed by atoms with Gasteiger partial charge in [-0.05, 0) is 110 Å². The normalized spacial score (nSPS) is 18.7. The van der Waals surface area contributed by atoms with Gasteiger partial charge >= 0.3 is 41.8 Å². The lowest BCUT2D eigenvalue weighted by atomic mass is 9.81. The first-order valence-corrected chi connectivity index (χ1v) is 28.5. The van der Waals surface area contributed by atoms with Gasteiger partial charge in [-0.2, -0.15) is 0 Å². The number of carbonyl (C=O) groups excluding carboxylic acids is 4. The fourth-order valence-corrected chi connectivity index (χ4v) is 10.6. The first-order chi connectivity index (χ1) is 40.1. The summed E-state index contributed by atoms with van der Waals surface area (Å²) in [6, 6.07) is 15.5. The number of benzene rings is 3. The summed E-state index contributed by atoms with van der Waals surface area (Å²) < 4.78 is 0. The average molecular weight is 1190 g/mol. The molecule has 3 aromatic rings. The summed E-state index contributed by atoms with van der Waals surface area (Å²) in [5, 5.41) is 76.3. The number of urea groups is 1. The van der Waals surface area contributed by atoms with Crippen molar-refractivity contribution in [3.8, 4) is 0 Å². The number of aliphatic carboxylic acids is 6. The maximum atomic E-state index is 13.9. The zero-order valence-electron chi connectivity index (χ0n) is 46.8. The van der Waals surface area contributed by atoms with Gasteiger partial charge in [0.05, 0.1) is 26.2 Å². The molecule has 0 spiro atoms. The van der Waals surface area contributed by atoms with Crippen molar-refractivity contribution in [1.29, 1.82) is 0 Å². The zero-order chi connectivity index (χ0) is 61.1. The molecule has 1 heterocycles. The summed E-state index contributed by atoms with van der Waals surface area (Å²) in [5.41, 5.74) is 2.34. The van der Waals surface area contributed by atoms with Crippen molar-refractivity contribution in [3.63, 3.8) is 0 Å². The number of carboxylic acid groups (broad SMARTS) is 6. The fraction of sp³-hybridized carbons (Fsp3) is 0.526. The highest BCUT2D eigenvalue weighted by Crippen LogP contribution is 2.29. The van der Waals surface area contributed by atoms with E-state index in [1.54, 1.807) is 14.7 Å². The van der Waals surface area contributed by atoms with Crippen LogP contribution in [0.4, 0.5) is 10.5 Å². The van der Waals surface area contributed by atoms with E-state index in [0.717, 1.165) is 28.2 Å². The Balaban J connectivity index is 1.13. The number of anilines is 1. The van der Waals surface area contributed by atoms with E-state index in [1.165, 1.54) is 0 Å². The molecule has 1 saturated heterocycles. The van der Waals surface area contributed by atoms with Crippen LogP contribution in [0.5, 0.6) is 0 Å². The van der Waals surface area contributed by atoms with Crippen LogP contribution in [0.1, 0.15) is 68.9 Å². The number of carbonyl (C=O) groups is 10. The zero-order valence-corrected chi connectivity index (χ0v) is 47.6. The van der Waals surface area contributed by atoms with E-state index in [-0.39, 0.29) is 95.9 Å². The lowest BCUT2D eigenvalue weighted by Gasteiger charge is -2.37. The van der Waals surface area contributed by atoms with Crippen LogP contribution in [0, 0.1) is 11.8 Å². The lowest BCUT2D eigenvalue weighted by Crippen LogP contribution is -2.53. The van der Waals surface area contributed by atoms with Crippen LogP contribution >= 0.6 is 12.2 Å². The van der Waals surface area contributed by atoms with Crippen molar-refractivity contribution in [2.24, 2.45) is 11.8 Å². The standard InChI is InChI=1S/C57H78N10O16S/c68-28-27-64-21-23-65(34-49(71)72)25-26-67(36-51(75)76)44(33-66(24-22-64)35-50(73)74)30-37-11-16-43(17-12-37)60-57(84)59-32-38-8-14-41(15-9-38)52(77)61-47(31-39-10-13-40-5-1-2-6-42(40)29-39)53(78)58-20-4-3-7-45(54(79)80)62-56(83)63-46(55(81)82)18-19-48(69)70/h1-2,5-6,10-13,16-17,28-29,38,41,44-47H,3-4,7-9,14-15,18-27,30-36H2,(H,58,78)(H,61,77)(H,69,70)(H,71,72)(H,73,74)(H,75,76)(H,79,80)(H,81,82)(H2,59,60,84)(H2,62,63,83)/t38-,41-,44?,45-,46-,47-/m0/s1. The quantitative estimate of drug-likeness (QED) is 0.0256. The molecule has 458 valence electrons. The molecule has 12 N–H and O–H groups in total. The molecule has 1 aliphatic carbocycles. The largest absolute Gasteiger partial charge is 0.481 e. The maximum absolute atomic E-state index is 13.9. The van der Waals surface area contributed by atoms with Gasteiger partial charge in [0.25, 0.3) is 0 Å². The number of fused-ring (bicyclic) bond motifs is 1. The van der Waals surface area contributed by atoms with E-state index in [1.807, 2.05) is 71.6 Å². The molecule has 2 fully saturated rings. The first-order valence-electron chi connectivity index (χ1n) is 28.1. The van der Waals surface area contributed by atoms with Gasteiger partial charge in [-0.1, -0.05) is 54.6 Å². The highest BCUT2D eigenvalue weighted by atomic mass is 32.1. The molecular formula is C57H78N10O16S. The van der Waals surface area contributed by atoms with Gasteiger partial charge in [0.2, 0.25) is 11.8 Å². The summed E-state index contributed by atoms with van der Waals surface area (Å²) in [6.45, 7) is 1.70. The maximum Gasteiger partial charge on any atom is 0.326 e. The molecule has 0 radical (unpaired) electrons. The number of aldehydes is 1. The predicted molar refractivity (Wildman–Crippen MR) is 311 cm³/mol. The predicted octanol–water partition coefficient (Wildman–Crippen LogP) is 1.60. The summed E-state index contributed by atoms with van der Waals surface area (Å²) in [4.78, 5) is 129. The number of hydrogen-bond acceptors (Lipinski definition) is 15. The fourth-order valence-electron chi connectivity index (χ4n) is 10.4. The average Bonchev–Trinajstić information content (AvgIpc) is 3.64. The Bertz CT molecular complexity index is 2750. The molecule has 2 aliphatic rings. The third-order valence-electron chi connectivity index (χ3n) is 15.0. The smallest absolute Gasteiger partial charge is 0.326 e. The molecule has 27 heteroatoms. The molecule has 26 nitrogen and oxygen atoms in total. The summed E-state index contributed by atoms with van der Waals surface area (Å²) in [5.74, 6) is -8.16. The van der Waals surface area contributed by atoms with E-state index in [4.69, 9.17) is 17.3 Å². The molecule has 0 aromatic heterocycles. The van der Waals surface area contributed by atoms with E-state index in [0.29, 0.717) is 75.5 Å². The van der Waals surface area contributed by atoms with E-state index in [9.17, 15) is 73.5 Å². The number of rotatable bonds is 30. The number of carboxylic acids is 6. The third kappa shape index (κ3) is 24.2. The first kappa shape index (κ1) is 66.9. The van der Waals surface area contributed by atoms with Gasteiger partial charge in [-0.15, -0.1) is 0 Å². The van der Waals surface area contributed by atoms with Crippen molar-refractivity contribution in [1.82, 2.24) is 46.2 Å². The van der Waals surface area contributed by atoms with Gasteiger partial charge < -0.3 is 67.3 Å². The third-order valence-corrected chi connectivity index (χ3v) is 15.2. The number of nitrogens with zero attached hydrogens (tertiary/aromatic N) is 4. The minimum atomic E-state index is -1.55. The molecular weight excluding hydrogens is 1110 g/mol. The Morgan fingerprint density at radius 1 is 0.607 bits per heavy atom. The number of amides is 4. The minimum Gasteiger partial charge on any atom is -0.481 e. The molecule has 1 unspecified atom stereocenters. The van der Waals surface area contributed by atoms with Crippen LogP contribution < -0.4 is 31.9 Å². The van der Waals surface area contributed by atoms with Crippen LogP contribution in [-0.2, 0) is 56.0 Å². The van der Waals surface area contributed by atoms with Crippen molar-refractivity contribution < 1.29 is 78.6 Å². The number of nitrogens with one attached hydrogen (secondary N) is 6. The Morgan fingerprint density at radius 3 is 1.83 bits per heavy atom. The number of hydrogen-bond donors (Lipinski definition) is 12. The van der Waals surface area contributed by atoms with Gasteiger partial charge in [0.15, 0.2) is 5.11 Å². The lowest BCUT2D eigenvalue weighted by molar-refractivity contribution is -0.141. The second-order valence-corrected chi connectivity index (χ2v) is 21.7. The van der Waals surface area contributed by atoms with Crippen LogP contribution in [-0.4, -0.2) is 225 Å².